The molecule has 1 heterocycles. The molecule has 1 aromatic heterocycles. The van der Waals surface area contributed by atoms with E-state index in [1.54, 1.807) is 41.3 Å². The molecule has 288 valence electrons. The molecule has 0 bridgehead atoms. The second kappa shape index (κ2) is 24.9. The number of amides is 1. The third kappa shape index (κ3) is 17.3. The van der Waals surface area contributed by atoms with Gasteiger partial charge >= 0.3 is 154 Å². The van der Waals surface area contributed by atoms with Crippen molar-refractivity contribution >= 4 is 82.3 Å². The van der Waals surface area contributed by atoms with Crippen molar-refractivity contribution in [2.45, 2.75) is 37.5 Å². The molecule has 0 aliphatic carbocycles. The Balaban J connectivity index is 0.00000541. The van der Waals surface area contributed by atoms with E-state index in [2.05, 4.69) is 20.6 Å². The smallest absolute Gasteiger partial charge is 0.748 e. The minimum atomic E-state index is -4.96. The summed E-state index contributed by atoms with van der Waals surface area (Å²) in [4.78, 5) is 13.3. The summed E-state index contributed by atoms with van der Waals surface area (Å²) in [5.74, 6) is -1.88. The molecule has 4 rings (SSSR count). The van der Waals surface area contributed by atoms with E-state index in [0.717, 1.165) is 16.8 Å². The largest absolute Gasteiger partial charge is 1.00 e. The summed E-state index contributed by atoms with van der Waals surface area (Å²) < 4.78 is 103. The van der Waals surface area contributed by atoms with E-state index in [9.17, 15) is 49.0 Å². The van der Waals surface area contributed by atoms with E-state index < -0.39 is 52.7 Å². The van der Waals surface area contributed by atoms with Gasteiger partial charge in [-0.25, -0.2) is 29.9 Å². The van der Waals surface area contributed by atoms with Gasteiger partial charge < -0.3 is 23.9 Å². The fourth-order valence-corrected chi connectivity index (χ4v) is 7.60. The van der Waals surface area contributed by atoms with Crippen molar-refractivity contribution in [2.75, 3.05) is 34.8 Å². The Morgan fingerprint density at radius 2 is 1.39 bits per heavy atom. The molecule has 1 N–H and O–H groups in total. The SMILES string of the molecule is CC(=O)Nc1cc(N(CCCCS(=O)(=O)[O-])CCCCS(=O)(=O)[O-])ccc1N=Nc1c(C#N)c(-c2ccccc2)nn1-c1c(Cl)cc(S(=O)(=O)[O-])cc1Cl.[K+].[K+].[K+]. The van der Waals surface area contributed by atoms with Crippen LogP contribution in [0.25, 0.3) is 16.9 Å². The van der Waals surface area contributed by atoms with Gasteiger partial charge in [-0.05, 0) is 56.0 Å². The van der Waals surface area contributed by atoms with Gasteiger partial charge in [0.05, 0.1) is 40.9 Å². The van der Waals surface area contributed by atoms with Crippen LogP contribution in [-0.2, 0) is 35.1 Å². The van der Waals surface area contributed by atoms with E-state index in [4.69, 9.17) is 23.2 Å². The van der Waals surface area contributed by atoms with Gasteiger partial charge in [0.25, 0.3) is 0 Å². The Bertz CT molecular complexity index is 2390. The minimum absolute atomic E-state index is 0. The summed E-state index contributed by atoms with van der Waals surface area (Å²) in [5.41, 5.74) is 1.08. The zero-order valence-corrected chi connectivity index (χ0v) is 44.5. The number of hydrogen-bond donors (Lipinski definition) is 1. The number of anilines is 2. The first kappa shape index (κ1) is 55.5. The average molecular weight is 957 g/mol. The van der Waals surface area contributed by atoms with Crippen molar-refractivity contribution in [3.8, 4) is 23.0 Å². The van der Waals surface area contributed by atoms with E-state index in [0.29, 0.717) is 11.3 Å². The predicted molar refractivity (Wildman–Crippen MR) is 196 cm³/mol. The number of carbonyl (C=O) groups excluding carboxylic acids is 1. The van der Waals surface area contributed by atoms with Crippen molar-refractivity contribution < 1.29 is 198 Å². The molecule has 0 fully saturated rings. The standard InChI is InChI=1S/C32H33Cl2N7O10S3.3K/c1-21(42)36-29-17-23(40(13-5-7-15-52(43,44)45)14-6-8-16-53(46,47)48)11-12-28(29)37-38-32-25(20-35)30(22-9-3-2-4-10-22)39-41(32)31-26(33)18-24(19-27(31)34)54(49,50)51;;;/h2-4,9-12,17-19H,5-8,13-16H2,1H3,(H,36,42)(H,43,44,45)(H,46,47,48)(H,49,50,51);;;/q;3*+1/p-3. The number of azo groups is 1. The number of unbranched alkanes of at least 4 members (excludes halogenated alkanes) is 2. The number of benzene rings is 3. The van der Waals surface area contributed by atoms with Crippen LogP contribution >= 0.6 is 23.2 Å². The first-order valence-electron chi connectivity index (χ1n) is 15.8. The Morgan fingerprint density at radius 3 is 1.86 bits per heavy atom. The van der Waals surface area contributed by atoms with Crippen molar-refractivity contribution in [3.05, 3.63) is 76.3 Å². The molecule has 57 heavy (non-hydrogen) atoms. The summed E-state index contributed by atoms with van der Waals surface area (Å²) in [6.07, 6.45) is 0.614. The maximum Gasteiger partial charge on any atom is 1.00 e. The molecule has 0 aliphatic rings. The van der Waals surface area contributed by atoms with Gasteiger partial charge in [-0.1, -0.05) is 53.5 Å². The number of nitrogens with one attached hydrogen (secondary N) is 1. The van der Waals surface area contributed by atoms with Crippen molar-refractivity contribution in [3.63, 3.8) is 0 Å². The summed E-state index contributed by atoms with van der Waals surface area (Å²) in [7, 11) is -13.9. The quantitative estimate of drug-likeness (QED) is 0.0466. The molecule has 0 aliphatic heterocycles. The van der Waals surface area contributed by atoms with Gasteiger partial charge in [-0.3, -0.25) is 4.79 Å². The van der Waals surface area contributed by atoms with Crippen LogP contribution in [0.15, 0.2) is 75.8 Å². The Kier molecular flexibility index (Phi) is 24.3. The fourth-order valence-electron chi connectivity index (χ4n) is 5.18. The molecule has 0 unspecified atom stereocenters. The third-order valence-electron chi connectivity index (χ3n) is 7.56. The number of carbonyl (C=O) groups is 1. The molecular formula is C32H30Cl2K3N7O10S3. The van der Waals surface area contributed by atoms with E-state index in [1.165, 1.54) is 19.1 Å². The first-order valence-corrected chi connectivity index (χ1v) is 21.1. The molecule has 0 saturated carbocycles. The normalized spacial score (nSPS) is 11.5. The van der Waals surface area contributed by atoms with Crippen molar-refractivity contribution in [2.24, 2.45) is 10.2 Å². The van der Waals surface area contributed by atoms with Crippen LogP contribution in [0.3, 0.4) is 0 Å². The van der Waals surface area contributed by atoms with Crippen LogP contribution in [0.2, 0.25) is 10.0 Å². The van der Waals surface area contributed by atoms with E-state index >= 15 is 0 Å². The molecule has 0 spiro atoms. The summed E-state index contributed by atoms with van der Waals surface area (Å²) >= 11 is 12.9. The van der Waals surface area contributed by atoms with E-state index in [-0.39, 0.29) is 237 Å². The van der Waals surface area contributed by atoms with Crippen molar-refractivity contribution in [1.29, 1.82) is 5.26 Å². The zero-order valence-electron chi connectivity index (χ0n) is 31.2. The molecule has 0 radical (unpaired) electrons. The first-order chi connectivity index (χ1) is 25.3. The molecule has 4 aromatic rings. The van der Waals surface area contributed by atoms with Crippen LogP contribution < -0.4 is 164 Å². The number of halogens is 2. The third-order valence-corrected chi connectivity index (χ3v) is 10.5. The second-order valence-corrected chi connectivity index (χ2v) is 16.9. The van der Waals surface area contributed by atoms with Crippen LogP contribution in [-0.4, -0.2) is 79.2 Å². The topological polar surface area (TPSA) is 270 Å². The van der Waals surface area contributed by atoms with Gasteiger partial charge in [-0.2, -0.15) is 10.4 Å². The van der Waals surface area contributed by atoms with Gasteiger partial charge in [0.2, 0.25) is 5.91 Å². The van der Waals surface area contributed by atoms with E-state index in [1.807, 2.05) is 6.07 Å². The maximum atomic E-state index is 12.3. The number of nitriles is 1. The molecule has 25 heteroatoms. The predicted octanol–water partition coefficient (Wildman–Crippen LogP) is -3.54. The maximum absolute atomic E-state index is 12.3. The second-order valence-electron chi connectivity index (χ2n) is 11.6. The molecule has 0 atom stereocenters. The summed E-state index contributed by atoms with van der Waals surface area (Å²) in [6, 6.07) is 16.9. The van der Waals surface area contributed by atoms with Gasteiger partial charge in [0.15, 0.2) is 5.82 Å². The summed E-state index contributed by atoms with van der Waals surface area (Å²) in [5, 5.41) is 25.4. The van der Waals surface area contributed by atoms with Crippen molar-refractivity contribution in [1.82, 2.24) is 9.78 Å². The number of rotatable bonds is 17. The van der Waals surface area contributed by atoms with Crippen LogP contribution in [0.5, 0.6) is 0 Å². The summed E-state index contributed by atoms with van der Waals surface area (Å²) in [6.45, 7) is 1.69. The molecule has 0 saturated heterocycles. The zero-order chi connectivity index (χ0) is 39.8. The molecule has 3 aromatic carbocycles. The molecular weight excluding hydrogens is 927 g/mol. The van der Waals surface area contributed by atoms with Crippen LogP contribution in [0.1, 0.15) is 38.2 Å². The number of aromatic nitrogens is 2. The minimum Gasteiger partial charge on any atom is -0.748 e. The van der Waals surface area contributed by atoms with Crippen LogP contribution in [0.4, 0.5) is 22.9 Å². The van der Waals surface area contributed by atoms with Gasteiger partial charge in [-0.15, -0.1) is 10.2 Å². The average Bonchev–Trinajstić information content (AvgIpc) is 3.43. The molecule has 1 amide bonds. The monoisotopic (exact) mass is 955 g/mol. The Morgan fingerprint density at radius 1 is 0.842 bits per heavy atom. The van der Waals surface area contributed by atoms with Crippen LogP contribution in [0, 0.1) is 11.3 Å². The molecule has 17 nitrogen and oxygen atoms in total. The van der Waals surface area contributed by atoms with Gasteiger partial charge in [0.1, 0.15) is 38.8 Å². The van der Waals surface area contributed by atoms with Gasteiger partial charge in [0, 0.05) is 42.8 Å². The fraction of sp³-hybridized carbons (Fsp3) is 0.281. The number of nitrogens with zero attached hydrogens (tertiary/aromatic N) is 6. The Labute approximate surface area is 468 Å². The Hall–Kier alpha value is 0.449. The number of hydrogen-bond acceptors (Lipinski definition) is 15.